The van der Waals surface area contributed by atoms with Crippen molar-refractivity contribution in [1.29, 1.82) is 0 Å². The summed E-state index contributed by atoms with van der Waals surface area (Å²) in [6.07, 6.45) is 4.80. The van der Waals surface area contributed by atoms with Crippen molar-refractivity contribution in [3.63, 3.8) is 0 Å². The van der Waals surface area contributed by atoms with E-state index in [-0.39, 0.29) is 0 Å². The number of aromatic amines is 1. The Bertz CT molecular complexity index is 783. The van der Waals surface area contributed by atoms with Gasteiger partial charge in [0.1, 0.15) is 0 Å². The number of hydrogen-bond donors (Lipinski definition) is 3. The van der Waals surface area contributed by atoms with Crippen LogP contribution in [-0.2, 0) is 5.60 Å². The number of rotatable bonds is 2. The number of aromatic nitrogens is 1. The Hall–Kier alpha value is -1.78. The minimum absolute atomic E-state index is 0.583. The molecule has 0 bridgehead atoms. The third-order valence-corrected chi connectivity index (χ3v) is 5.51. The molecule has 4 heteroatoms. The summed E-state index contributed by atoms with van der Waals surface area (Å²) in [4.78, 5) is 5.44. The van der Waals surface area contributed by atoms with Crippen LogP contribution < -0.4 is 5.73 Å². The highest BCUT2D eigenvalue weighted by Crippen LogP contribution is 2.46. The highest BCUT2D eigenvalue weighted by atomic mass is 32.1. The van der Waals surface area contributed by atoms with Gasteiger partial charge in [0.05, 0.1) is 5.60 Å². The van der Waals surface area contributed by atoms with Crippen LogP contribution in [-0.4, -0.2) is 10.1 Å². The van der Waals surface area contributed by atoms with Crippen molar-refractivity contribution in [2.24, 2.45) is 0 Å². The highest BCUT2D eigenvalue weighted by Gasteiger charge is 2.37. The summed E-state index contributed by atoms with van der Waals surface area (Å²) in [5.41, 5.74) is 8.35. The Labute approximate surface area is 121 Å². The average Bonchev–Trinajstić information content (AvgIpc) is 3.03. The number of hydrogen-bond acceptors (Lipinski definition) is 3. The molecule has 4 N–H and O–H groups in total. The molecular formula is C16H16N2OS. The van der Waals surface area contributed by atoms with Crippen LogP contribution in [0, 0.1) is 0 Å². The van der Waals surface area contributed by atoms with E-state index in [1.165, 1.54) is 5.39 Å². The average molecular weight is 284 g/mol. The van der Waals surface area contributed by atoms with Gasteiger partial charge in [-0.2, -0.15) is 0 Å². The zero-order valence-corrected chi connectivity index (χ0v) is 11.8. The molecule has 3 aromatic rings. The van der Waals surface area contributed by atoms with Gasteiger partial charge in [-0.05, 0) is 49.6 Å². The summed E-state index contributed by atoms with van der Waals surface area (Å²) in [6.45, 7) is 0. The smallest absolute Gasteiger partial charge is 0.0988 e. The van der Waals surface area contributed by atoms with Gasteiger partial charge in [-0.1, -0.05) is 0 Å². The van der Waals surface area contributed by atoms with Gasteiger partial charge in [-0.15, -0.1) is 11.3 Å². The van der Waals surface area contributed by atoms with Crippen molar-refractivity contribution in [2.75, 3.05) is 5.73 Å². The number of fused-ring (bicyclic) bond motifs is 1. The minimum Gasteiger partial charge on any atom is -0.399 e. The first kappa shape index (κ1) is 12.0. The summed E-state index contributed by atoms with van der Waals surface area (Å²) in [6, 6.07) is 10.2. The fraction of sp³-hybridized carbons (Fsp3) is 0.250. The Morgan fingerprint density at radius 2 is 2.05 bits per heavy atom. The number of nitrogen functional groups attached to an aromatic ring is 1. The van der Waals surface area contributed by atoms with Crippen LogP contribution >= 0.6 is 11.3 Å². The van der Waals surface area contributed by atoms with Crippen molar-refractivity contribution in [1.82, 2.24) is 4.98 Å². The predicted molar refractivity (Wildman–Crippen MR) is 83.8 cm³/mol. The van der Waals surface area contributed by atoms with E-state index in [9.17, 15) is 5.11 Å². The molecule has 0 spiro atoms. The molecule has 1 saturated carbocycles. The molecule has 2 aromatic heterocycles. The third-order valence-electron chi connectivity index (χ3n) is 4.20. The number of nitrogens with one attached hydrogen (secondary N) is 1. The number of aliphatic hydroxyl groups is 1. The van der Waals surface area contributed by atoms with Crippen molar-refractivity contribution < 1.29 is 5.11 Å². The molecule has 1 fully saturated rings. The van der Waals surface area contributed by atoms with Gasteiger partial charge in [0, 0.05) is 38.1 Å². The molecule has 0 aliphatic heterocycles. The van der Waals surface area contributed by atoms with Crippen molar-refractivity contribution >= 4 is 27.9 Å². The molecule has 1 aliphatic carbocycles. The van der Waals surface area contributed by atoms with Gasteiger partial charge >= 0.3 is 0 Å². The number of anilines is 1. The Morgan fingerprint density at radius 3 is 2.80 bits per heavy atom. The van der Waals surface area contributed by atoms with Crippen LogP contribution in [0.2, 0.25) is 0 Å². The first-order chi connectivity index (χ1) is 9.66. The van der Waals surface area contributed by atoms with Crippen molar-refractivity contribution in [2.45, 2.75) is 24.9 Å². The van der Waals surface area contributed by atoms with Crippen LogP contribution in [0.25, 0.3) is 21.3 Å². The van der Waals surface area contributed by atoms with E-state index in [1.54, 1.807) is 11.3 Å². The predicted octanol–water partition coefficient (Wildman–Crippen LogP) is 3.85. The van der Waals surface area contributed by atoms with Gasteiger partial charge in [0.15, 0.2) is 0 Å². The summed E-state index contributed by atoms with van der Waals surface area (Å²) >= 11 is 1.68. The Kier molecular flexibility index (Phi) is 2.46. The molecule has 2 heterocycles. The summed E-state index contributed by atoms with van der Waals surface area (Å²) in [5, 5.41) is 11.6. The first-order valence-corrected chi connectivity index (χ1v) is 7.67. The third kappa shape index (κ3) is 1.69. The molecule has 1 aliphatic rings. The van der Waals surface area contributed by atoms with Gasteiger partial charge in [0.2, 0.25) is 0 Å². The second kappa shape index (κ2) is 4.11. The molecule has 0 unspecified atom stereocenters. The maximum Gasteiger partial charge on any atom is 0.0988 e. The molecular weight excluding hydrogens is 268 g/mol. The largest absolute Gasteiger partial charge is 0.399 e. The topological polar surface area (TPSA) is 62.0 Å². The van der Waals surface area contributed by atoms with Crippen LogP contribution in [0.4, 0.5) is 5.69 Å². The quantitative estimate of drug-likeness (QED) is 0.626. The van der Waals surface area contributed by atoms with Gasteiger partial charge in [0.25, 0.3) is 0 Å². The second-order valence-corrected chi connectivity index (χ2v) is 6.64. The number of nitrogens with two attached hydrogens (primary N) is 1. The van der Waals surface area contributed by atoms with Gasteiger partial charge in [-0.25, -0.2) is 0 Å². The molecule has 0 atom stereocenters. The first-order valence-electron chi connectivity index (χ1n) is 6.85. The number of benzene rings is 1. The Balaban J connectivity index is 1.85. The number of H-pyrrole nitrogens is 1. The van der Waals surface area contributed by atoms with Crippen molar-refractivity contribution in [3.05, 3.63) is 41.4 Å². The van der Waals surface area contributed by atoms with Crippen LogP contribution in [0.15, 0.2) is 36.5 Å². The molecule has 0 amide bonds. The molecule has 0 radical (unpaired) electrons. The van der Waals surface area contributed by atoms with E-state index in [0.717, 1.165) is 45.8 Å². The lowest BCUT2D eigenvalue weighted by molar-refractivity contribution is -0.0354. The maximum absolute atomic E-state index is 10.4. The lowest BCUT2D eigenvalue weighted by Crippen LogP contribution is -2.32. The summed E-state index contributed by atoms with van der Waals surface area (Å²) < 4.78 is 0. The van der Waals surface area contributed by atoms with E-state index in [4.69, 9.17) is 5.73 Å². The van der Waals surface area contributed by atoms with Crippen LogP contribution in [0.3, 0.4) is 0 Å². The SMILES string of the molecule is Nc1cc(-c2ccc(C3(O)CCC3)s2)c2cc[nH]c2c1. The zero-order valence-electron chi connectivity index (χ0n) is 11.0. The molecule has 3 nitrogen and oxygen atoms in total. The van der Waals surface area contributed by atoms with E-state index in [1.807, 2.05) is 18.3 Å². The number of thiophene rings is 1. The maximum atomic E-state index is 10.4. The highest BCUT2D eigenvalue weighted by molar-refractivity contribution is 7.15. The molecule has 1 aromatic carbocycles. The minimum atomic E-state index is -0.583. The monoisotopic (exact) mass is 284 g/mol. The fourth-order valence-corrected chi connectivity index (χ4v) is 4.07. The second-order valence-electron chi connectivity index (χ2n) is 5.56. The van der Waals surface area contributed by atoms with E-state index in [0.29, 0.717) is 0 Å². The van der Waals surface area contributed by atoms with Crippen molar-refractivity contribution in [3.8, 4) is 10.4 Å². The zero-order chi connectivity index (χ0) is 13.7. The van der Waals surface area contributed by atoms with Gasteiger partial charge in [-0.3, -0.25) is 0 Å². The molecule has 4 rings (SSSR count). The fourth-order valence-electron chi connectivity index (χ4n) is 2.88. The van der Waals surface area contributed by atoms with E-state index in [2.05, 4.69) is 23.2 Å². The van der Waals surface area contributed by atoms with Crippen LogP contribution in [0.1, 0.15) is 24.1 Å². The van der Waals surface area contributed by atoms with Crippen LogP contribution in [0.5, 0.6) is 0 Å². The summed E-state index contributed by atoms with van der Waals surface area (Å²) in [7, 11) is 0. The normalized spacial score (nSPS) is 17.2. The van der Waals surface area contributed by atoms with E-state index < -0.39 is 5.60 Å². The van der Waals surface area contributed by atoms with Gasteiger partial charge < -0.3 is 15.8 Å². The Morgan fingerprint density at radius 1 is 1.20 bits per heavy atom. The van der Waals surface area contributed by atoms with E-state index >= 15 is 0 Å². The lowest BCUT2D eigenvalue weighted by Gasteiger charge is -2.35. The summed E-state index contributed by atoms with van der Waals surface area (Å²) in [5.74, 6) is 0. The molecule has 102 valence electrons. The standard InChI is InChI=1S/C16H16N2OS/c17-10-8-12(11-4-7-18-13(11)9-10)14-2-3-15(20-14)16(19)5-1-6-16/h2-4,7-9,18-19H,1,5-6,17H2. The lowest BCUT2D eigenvalue weighted by atomic mass is 9.79. The molecule has 0 saturated heterocycles. The molecule has 20 heavy (non-hydrogen) atoms.